The highest BCUT2D eigenvalue weighted by atomic mass is 14.3. The largest absolute Gasteiger partial charge is 0.0622 e. The molecular formula is C140H88. The van der Waals surface area contributed by atoms with Gasteiger partial charge in [-0.1, -0.05) is 485 Å². The van der Waals surface area contributed by atoms with Crippen molar-refractivity contribution in [3.63, 3.8) is 0 Å². The van der Waals surface area contributed by atoms with Gasteiger partial charge in [-0.3, -0.25) is 0 Å². The molecule has 0 fully saturated rings. The van der Waals surface area contributed by atoms with Gasteiger partial charge in [-0.2, -0.15) is 0 Å². The molecule has 0 aliphatic heterocycles. The zero-order valence-electron chi connectivity index (χ0n) is 76.8. The van der Waals surface area contributed by atoms with Gasteiger partial charge in [-0.05, 0) is 332 Å². The van der Waals surface area contributed by atoms with Gasteiger partial charge in [-0.25, -0.2) is 0 Å². The summed E-state index contributed by atoms with van der Waals surface area (Å²) in [6.45, 7) is 0. The highest BCUT2D eigenvalue weighted by molar-refractivity contribution is 6.32. The van der Waals surface area contributed by atoms with Crippen LogP contribution in [0.2, 0.25) is 0 Å². The lowest BCUT2D eigenvalue weighted by Crippen LogP contribution is -1.93. The van der Waals surface area contributed by atoms with E-state index in [9.17, 15) is 0 Å². The van der Waals surface area contributed by atoms with Crippen molar-refractivity contribution in [3.8, 4) is 100 Å². The third-order valence-corrected chi connectivity index (χ3v) is 29.6. The number of rotatable bonds is 9. The quantitative estimate of drug-likeness (QED) is 0.0998. The minimum Gasteiger partial charge on any atom is -0.0622 e. The minimum absolute atomic E-state index is 1.23. The Balaban J connectivity index is 0.000000106. The molecule has 0 aromatic heterocycles. The van der Waals surface area contributed by atoms with E-state index in [4.69, 9.17) is 0 Å². The lowest BCUT2D eigenvalue weighted by atomic mass is 9.82. The first-order valence-corrected chi connectivity index (χ1v) is 48.7. The molecule has 0 unspecified atom stereocenters. The lowest BCUT2D eigenvalue weighted by Gasteiger charge is -2.21. The van der Waals surface area contributed by atoms with Gasteiger partial charge in [-0.15, -0.1) is 0 Å². The zero-order chi connectivity index (χ0) is 92.2. The van der Waals surface area contributed by atoms with Crippen LogP contribution in [0, 0.1) is 0 Å². The molecule has 0 saturated heterocycles. The average molecular weight is 1770 g/mol. The Morgan fingerprint density at radius 2 is 0.279 bits per heavy atom. The van der Waals surface area contributed by atoms with Gasteiger partial charge in [0.2, 0.25) is 0 Å². The van der Waals surface area contributed by atoms with Crippen LogP contribution in [0.1, 0.15) is 0 Å². The van der Waals surface area contributed by atoms with Gasteiger partial charge in [0, 0.05) is 0 Å². The second kappa shape index (κ2) is 34.0. The summed E-state index contributed by atoms with van der Waals surface area (Å²) in [7, 11) is 0. The SMILES string of the molecule is c1ccc(-c2cc(-c3c4ccccc4c(-c4cc5ccccc5c5ccccc45)c4ccccc34)c3ccccc3c2)cc1.c1ccc2c(-c3ccc(-c4c5ccccc5c(-c5cc6ccccc6c6ccccc56)c5ccccc45)c4ccccc34)cccc2c1.c1ccc2cc(-c3cc(-c4c5ccccc5c(-c5cc6ccccc6c6ccccc56)c5ccccc45)c4ccccc4c3)ccc2c1. The van der Waals surface area contributed by atoms with Crippen LogP contribution in [0.25, 0.3) is 283 Å². The monoisotopic (exact) mass is 1770 g/mol. The van der Waals surface area contributed by atoms with Crippen molar-refractivity contribution in [1.82, 2.24) is 0 Å². The number of benzene rings is 29. The van der Waals surface area contributed by atoms with E-state index < -0.39 is 0 Å². The molecule has 0 spiro atoms. The van der Waals surface area contributed by atoms with Crippen LogP contribution in [0.4, 0.5) is 0 Å². The Kier molecular flexibility index (Phi) is 19.8. The van der Waals surface area contributed by atoms with Crippen LogP contribution in [0.3, 0.4) is 0 Å². The zero-order valence-corrected chi connectivity index (χ0v) is 76.8. The summed E-state index contributed by atoms with van der Waals surface area (Å²) in [6.07, 6.45) is 0. The molecule has 648 valence electrons. The second-order valence-electron chi connectivity index (χ2n) is 37.2. The molecule has 0 saturated carbocycles. The first-order valence-electron chi connectivity index (χ1n) is 48.7. The van der Waals surface area contributed by atoms with Crippen molar-refractivity contribution in [1.29, 1.82) is 0 Å². The number of fused-ring (bicyclic) bond motifs is 20. The molecule has 0 heteroatoms. The molecule has 29 aromatic carbocycles. The van der Waals surface area contributed by atoms with Crippen LogP contribution in [-0.2, 0) is 0 Å². The van der Waals surface area contributed by atoms with Crippen LogP contribution < -0.4 is 0 Å². The van der Waals surface area contributed by atoms with E-state index >= 15 is 0 Å². The topological polar surface area (TPSA) is 0 Å². The highest BCUT2D eigenvalue weighted by Crippen LogP contribution is 2.54. The van der Waals surface area contributed by atoms with Gasteiger partial charge in [0.1, 0.15) is 0 Å². The average Bonchev–Trinajstić information content (AvgIpc) is 0.717. The molecule has 140 heavy (non-hydrogen) atoms. The maximum atomic E-state index is 2.42. The predicted octanol–water partition coefficient (Wildman–Crippen LogP) is 39.7. The molecule has 0 heterocycles. The minimum atomic E-state index is 1.23. The fraction of sp³-hybridized carbons (Fsp3) is 0. The molecule has 29 rings (SSSR count). The van der Waals surface area contributed by atoms with Crippen molar-refractivity contribution in [2.75, 3.05) is 0 Å². The Labute approximate surface area is 811 Å². The molecule has 0 radical (unpaired) electrons. The van der Waals surface area contributed by atoms with E-state index in [0.29, 0.717) is 0 Å². The molecule has 0 bridgehead atoms. The van der Waals surface area contributed by atoms with Gasteiger partial charge >= 0.3 is 0 Å². The molecule has 29 aromatic rings. The summed E-state index contributed by atoms with van der Waals surface area (Å²) in [5, 5.41) is 43.3. The summed E-state index contributed by atoms with van der Waals surface area (Å²) in [4.78, 5) is 0. The van der Waals surface area contributed by atoms with E-state index in [0.717, 1.165) is 0 Å². The smallest absolute Gasteiger partial charge is 0.00199 e. The molecule has 0 N–H and O–H groups in total. The van der Waals surface area contributed by atoms with Crippen LogP contribution in [-0.4, -0.2) is 0 Å². The van der Waals surface area contributed by atoms with Crippen LogP contribution >= 0.6 is 0 Å². The van der Waals surface area contributed by atoms with Crippen molar-refractivity contribution in [2.24, 2.45) is 0 Å². The maximum absolute atomic E-state index is 2.42. The number of hydrogen-bond donors (Lipinski definition) is 0. The second-order valence-corrected chi connectivity index (χ2v) is 37.2. The van der Waals surface area contributed by atoms with Gasteiger partial charge in [0.15, 0.2) is 0 Å². The van der Waals surface area contributed by atoms with E-state index in [-0.39, 0.29) is 0 Å². The molecule has 0 amide bonds. The van der Waals surface area contributed by atoms with Crippen molar-refractivity contribution in [3.05, 3.63) is 534 Å². The Morgan fingerprint density at radius 3 is 0.629 bits per heavy atom. The van der Waals surface area contributed by atoms with Gasteiger partial charge in [0.25, 0.3) is 0 Å². The van der Waals surface area contributed by atoms with Crippen molar-refractivity contribution >= 4 is 183 Å². The van der Waals surface area contributed by atoms with E-state index in [2.05, 4.69) is 534 Å². The van der Waals surface area contributed by atoms with E-state index in [1.54, 1.807) is 0 Å². The van der Waals surface area contributed by atoms with Crippen LogP contribution in [0.5, 0.6) is 0 Å². The Bertz CT molecular complexity index is 9980. The fourth-order valence-electron chi connectivity index (χ4n) is 23.5. The molecular weight excluding hydrogens is 1680 g/mol. The van der Waals surface area contributed by atoms with Crippen molar-refractivity contribution in [2.45, 2.75) is 0 Å². The Hall–Kier alpha value is -18.2. The molecule has 0 aliphatic rings. The summed E-state index contributed by atoms with van der Waals surface area (Å²) in [5.74, 6) is 0. The lowest BCUT2D eigenvalue weighted by molar-refractivity contribution is 1.63. The highest BCUT2D eigenvalue weighted by Gasteiger charge is 2.27. The summed E-state index contributed by atoms with van der Waals surface area (Å²) in [6, 6.07) is 197. The first kappa shape index (κ1) is 81.4. The van der Waals surface area contributed by atoms with Gasteiger partial charge in [0.05, 0.1) is 0 Å². The molecule has 0 atom stereocenters. The first-order chi connectivity index (χ1) is 69.5. The summed E-state index contributed by atoms with van der Waals surface area (Å²) in [5.41, 5.74) is 22.8. The van der Waals surface area contributed by atoms with E-state index in [1.165, 1.54) is 283 Å². The predicted molar refractivity (Wildman–Crippen MR) is 606 cm³/mol. The van der Waals surface area contributed by atoms with Crippen LogP contribution in [0.15, 0.2) is 534 Å². The standard InChI is InChI=1S/2C48H30.C44H28/c1-3-17-33-31(14-1)16-13-27-36(33)40-28-29-45(38-21-7-6-20-37(38)40)47-41-23-9-11-25-43(41)48(44-26-12-10-24-42(44)47)46-30-32-15-2-4-18-34(32)35-19-5-8-22-39(35)46;1-2-14-32-27-33(26-25-31(32)13-1)36-28-34-15-3-6-18-38(34)45(30-36)47-41-21-9-11-23-43(41)48(44-24-12-10-22-42(44)47)46-29-35-16-4-5-17-37(35)39-19-7-8-20-40(39)46;1-2-14-29(15-3-1)32-26-30-16-4-7-19-34(30)41(28-32)43-37-22-10-12-24-39(37)44(40-25-13-11-23-38(40)43)42-27-31-17-5-6-18-33(31)35-20-8-9-21-36(35)42/h2*1-30H;1-28H. The van der Waals surface area contributed by atoms with E-state index in [1.807, 2.05) is 0 Å². The Morgan fingerprint density at radius 1 is 0.0714 bits per heavy atom. The third kappa shape index (κ3) is 13.6. The molecule has 0 aliphatic carbocycles. The summed E-state index contributed by atoms with van der Waals surface area (Å²) < 4.78 is 0. The summed E-state index contributed by atoms with van der Waals surface area (Å²) >= 11 is 0. The fourth-order valence-corrected chi connectivity index (χ4v) is 23.5. The van der Waals surface area contributed by atoms with Crippen molar-refractivity contribution < 1.29 is 0 Å². The third-order valence-electron chi connectivity index (χ3n) is 29.6. The maximum Gasteiger partial charge on any atom is -0.00199 e. The molecule has 0 nitrogen and oxygen atoms in total. The van der Waals surface area contributed by atoms with Gasteiger partial charge < -0.3 is 0 Å². The normalized spacial score (nSPS) is 11.7. The number of hydrogen-bond acceptors (Lipinski definition) is 0.